The Kier molecular flexibility index (Phi) is 8.14. The van der Waals surface area contributed by atoms with Crippen LogP contribution in [0.1, 0.15) is 29.7 Å². The van der Waals surface area contributed by atoms with Gasteiger partial charge in [0.1, 0.15) is 0 Å². The number of likely N-dealkylation sites (N-methyl/N-ethyl adjacent to an activating group) is 1. The van der Waals surface area contributed by atoms with Crippen LogP contribution in [-0.4, -0.2) is 45.8 Å². The predicted molar refractivity (Wildman–Crippen MR) is 112 cm³/mol. The van der Waals surface area contributed by atoms with Crippen LogP contribution in [0.2, 0.25) is 0 Å². The molecule has 0 aliphatic rings. The highest BCUT2D eigenvalue weighted by molar-refractivity contribution is 5.73. The number of amides is 2. The summed E-state index contributed by atoms with van der Waals surface area (Å²) in [7, 11) is 7.22. The highest BCUT2D eigenvalue weighted by atomic mass is 16.5. The van der Waals surface area contributed by atoms with E-state index in [0.717, 1.165) is 12.0 Å². The number of benzene rings is 2. The first-order valence-corrected chi connectivity index (χ1v) is 9.46. The summed E-state index contributed by atoms with van der Waals surface area (Å²) in [5.74, 6) is 1.31. The lowest BCUT2D eigenvalue weighted by Crippen LogP contribution is -2.40. The second-order valence-corrected chi connectivity index (χ2v) is 6.83. The molecule has 0 aromatic heterocycles. The zero-order chi connectivity index (χ0) is 20.5. The van der Waals surface area contributed by atoms with Gasteiger partial charge in [-0.25, -0.2) is 4.79 Å². The molecule has 2 amide bonds. The number of rotatable bonds is 9. The van der Waals surface area contributed by atoms with E-state index in [2.05, 4.69) is 46.7 Å². The van der Waals surface area contributed by atoms with Crippen molar-refractivity contribution >= 4 is 6.03 Å². The topological polar surface area (TPSA) is 62.8 Å². The Labute approximate surface area is 167 Å². The maximum absolute atomic E-state index is 12.3. The molecule has 0 saturated heterocycles. The summed E-state index contributed by atoms with van der Waals surface area (Å²) in [5.41, 5.74) is 3.43. The molecule has 2 rings (SSSR count). The molecule has 1 atom stereocenters. The van der Waals surface area contributed by atoms with Gasteiger partial charge >= 0.3 is 6.03 Å². The average molecular weight is 386 g/mol. The molecule has 6 heteroatoms. The van der Waals surface area contributed by atoms with Crippen LogP contribution < -0.4 is 20.1 Å². The van der Waals surface area contributed by atoms with Crippen molar-refractivity contribution in [2.45, 2.75) is 25.9 Å². The Morgan fingerprint density at radius 3 is 2.18 bits per heavy atom. The lowest BCUT2D eigenvalue weighted by Gasteiger charge is -2.25. The second kappa shape index (κ2) is 10.6. The Hall–Kier alpha value is -2.73. The zero-order valence-electron chi connectivity index (χ0n) is 17.4. The summed E-state index contributed by atoms with van der Waals surface area (Å²) in [5, 5.41) is 5.85. The number of methoxy groups -OCH3 is 2. The molecule has 0 heterocycles. The van der Waals surface area contributed by atoms with Crippen LogP contribution in [0, 0.1) is 0 Å². The van der Waals surface area contributed by atoms with Crippen LogP contribution >= 0.6 is 0 Å². The van der Waals surface area contributed by atoms with Crippen LogP contribution in [-0.2, 0) is 13.0 Å². The molecule has 0 bridgehead atoms. The van der Waals surface area contributed by atoms with E-state index in [0.29, 0.717) is 24.6 Å². The van der Waals surface area contributed by atoms with Gasteiger partial charge in [0.25, 0.3) is 0 Å². The van der Waals surface area contributed by atoms with E-state index in [4.69, 9.17) is 9.47 Å². The summed E-state index contributed by atoms with van der Waals surface area (Å²) >= 11 is 0. The fraction of sp³-hybridized carbons (Fsp3) is 0.409. The molecular weight excluding hydrogens is 354 g/mol. The molecule has 0 aliphatic carbocycles. The highest BCUT2D eigenvalue weighted by Gasteiger charge is 2.15. The van der Waals surface area contributed by atoms with Crippen LogP contribution in [0.15, 0.2) is 42.5 Å². The molecule has 0 spiro atoms. The maximum atomic E-state index is 12.3. The Bertz CT molecular complexity index is 760. The summed E-state index contributed by atoms with van der Waals surface area (Å²) in [6.45, 7) is 3.07. The first-order valence-electron chi connectivity index (χ1n) is 9.46. The van der Waals surface area contributed by atoms with Gasteiger partial charge in [0.2, 0.25) is 0 Å². The third-order valence-corrected chi connectivity index (χ3v) is 4.75. The largest absolute Gasteiger partial charge is 0.493 e. The summed E-state index contributed by atoms with van der Waals surface area (Å²) in [4.78, 5) is 14.4. The highest BCUT2D eigenvalue weighted by Crippen LogP contribution is 2.27. The molecule has 2 aromatic rings. The summed E-state index contributed by atoms with van der Waals surface area (Å²) in [6.07, 6.45) is 1.02. The van der Waals surface area contributed by atoms with Crippen LogP contribution in [0.4, 0.5) is 4.79 Å². The minimum absolute atomic E-state index is 0.109. The van der Waals surface area contributed by atoms with E-state index in [1.807, 2.05) is 32.3 Å². The Morgan fingerprint density at radius 1 is 0.964 bits per heavy atom. The van der Waals surface area contributed by atoms with E-state index in [-0.39, 0.29) is 12.1 Å². The molecule has 0 fully saturated rings. The Morgan fingerprint density at radius 2 is 1.61 bits per heavy atom. The van der Waals surface area contributed by atoms with Crippen molar-refractivity contribution in [3.63, 3.8) is 0 Å². The van der Waals surface area contributed by atoms with Crippen molar-refractivity contribution in [2.75, 3.05) is 34.9 Å². The van der Waals surface area contributed by atoms with Crippen LogP contribution in [0.5, 0.6) is 11.5 Å². The van der Waals surface area contributed by atoms with E-state index >= 15 is 0 Å². The van der Waals surface area contributed by atoms with Crippen molar-refractivity contribution in [3.05, 3.63) is 59.2 Å². The number of ether oxygens (including phenoxy) is 2. The Balaban J connectivity index is 1.90. The van der Waals surface area contributed by atoms with E-state index in [9.17, 15) is 4.79 Å². The number of aryl methyl sites for hydroxylation is 1. The average Bonchev–Trinajstić information content (AvgIpc) is 2.72. The molecule has 0 radical (unpaired) electrons. The fourth-order valence-corrected chi connectivity index (χ4v) is 3.00. The van der Waals surface area contributed by atoms with Gasteiger partial charge in [-0.05, 0) is 49.3 Å². The number of urea groups is 1. The van der Waals surface area contributed by atoms with Gasteiger partial charge in [-0.15, -0.1) is 0 Å². The minimum Gasteiger partial charge on any atom is -0.493 e. The van der Waals surface area contributed by atoms with Crippen LogP contribution in [0.3, 0.4) is 0 Å². The molecule has 6 nitrogen and oxygen atoms in total. The summed E-state index contributed by atoms with van der Waals surface area (Å²) < 4.78 is 10.5. The number of hydrogen-bond donors (Lipinski definition) is 2. The maximum Gasteiger partial charge on any atom is 0.315 e. The van der Waals surface area contributed by atoms with E-state index < -0.39 is 0 Å². The van der Waals surface area contributed by atoms with Gasteiger partial charge < -0.3 is 25.0 Å². The number of carbonyl (C=O) groups excluding carboxylic acids is 1. The van der Waals surface area contributed by atoms with Crippen molar-refractivity contribution in [1.29, 1.82) is 0 Å². The second-order valence-electron chi connectivity index (χ2n) is 6.83. The van der Waals surface area contributed by atoms with Gasteiger partial charge in [-0.3, -0.25) is 0 Å². The van der Waals surface area contributed by atoms with E-state index in [1.54, 1.807) is 14.2 Å². The molecule has 2 N–H and O–H groups in total. The minimum atomic E-state index is -0.202. The van der Waals surface area contributed by atoms with E-state index in [1.165, 1.54) is 11.1 Å². The predicted octanol–water partition coefficient (Wildman–Crippen LogP) is 3.37. The van der Waals surface area contributed by atoms with Crippen LogP contribution in [0.25, 0.3) is 0 Å². The summed E-state index contributed by atoms with van der Waals surface area (Å²) in [6, 6.07) is 14.0. The number of nitrogens with zero attached hydrogens (tertiary/aromatic N) is 1. The van der Waals surface area contributed by atoms with Gasteiger partial charge in [-0.1, -0.05) is 37.3 Å². The third kappa shape index (κ3) is 5.89. The molecular formula is C22H31N3O3. The first kappa shape index (κ1) is 21.6. The first-order chi connectivity index (χ1) is 13.5. The van der Waals surface area contributed by atoms with Gasteiger partial charge in [0.15, 0.2) is 11.5 Å². The zero-order valence-corrected chi connectivity index (χ0v) is 17.4. The standard InChI is InChI=1S/C22H31N3O3/c1-6-16-7-10-18(11-8-16)19(25(2)3)15-24-22(26)23-14-17-9-12-20(27-4)21(13-17)28-5/h7-13,19H,6,14-15H2,1-5H3,(H2,23,24,26). The van der Waals surface area contributed by atoms with Gasteiger partial charge in [-0.2, -0.15) is 0 Å². The molecule has 1 unspecified atom stereocenters. The smallest absolute Gasteiger partial charge is 0.315 e. The van der Waals surface area contributed by atoms with Crippen molar-refractivity contribution in [2.24, 2.45) is 0 Å². The van der Waals surface area contributed by atoms with Gasteiger partial charge in [0.05, 0.1) is 20.3 Å². The normalized spacial score (nSPS) is 11.8. The molecule has 28 heavy (non-hydrogen) atoms. The van der Waals surface area contributed by atoms with Crippen molar-refractivity contribution < 1.29 is 14.3 Å². The fourth-order valence-electron chi connectivity index (χ4n) is 3.00. The SMILES string of the molecule is CCc1ccc(C(CNC(=O)NCc2ccc(OC)c(OC)c2)N(C)C)cc1. The molecule has 0 saturated carbocycles. The lowest BCUT2D eigenvalue weighted by molar-refractivity contribution is 0.232. The quantitative estimate of drug-likeness (QED) is 0.695. The molecule has 2 aromatic carbocycles. The number of nitrogens with one attached hydrogen (secondary N) is 2. The number of hydrogen-bond acceptors (Lipinski definition) is 4. The lowest BCUT2D eigenvalue weighted by atomic mass is 10.0. The van der Waals surface area contributed by atoms with Crippen molar-refractivity contribution in [3.8, 4) is 11.5 Å². The molecule has 152 valence electrons. The van der Waals surface area contributed by atoms with Gasteiger partial charge in [0, 0.05) is 13.1 Å². The van der Waals surface area contributed by atoms with Crippen molar-refractivity contribution in [1.82, 2.24) is 15.5 Å². The molecule has 0 aliphatic heterocycles. The third-order valence-electron chi connectivity index (χ3n) is 4.75. The monoisotopic (exact) mass is 385 g/mol. The number of carbonyl (C=O) groups is 1.